The smallest absolute Gasteiger partial charge is 0.123 e. The van der Waals surface area contributed by atoms with Crippen LogP contribution in [-0.2, 0) is 6.42 Å². The largest absolute Gasteiger partial charge is 0.330 e. The molecule has 0 saturated heterocycles. The van der Waals surface area contributed by atoms with E-state index in [0.29, 0.717) is 5.92 Å². The number of nitrogens with two attached hydrogens (primary N) is 1. The SMILES string of the molecule is Cc1ccc(-c2nc(CC(C)CN)cs2)cc1. The molecule has 0 amide bonds. The van der Waals surface area contributed by atoms with Crippen LogP contribution in [0.15, 0.2) is 29.6 Å². The van der Waals surface area contributed by atoms with Crippen LogP contribution in [0.3, 0.4) is 0 Å². The Kier molecular flexibility index (Phi) is 3.92. The van der Waals surface area contributed by atoms with Gasteiger partial charge in [-0.3, -0.25) is 0 Å². The molecule has 1 aromatic carbocycles. The van der Waals surface area contributed by atoms with Gasteiger partial charge in [-0.1, -0.05) is 36.8 Å². The second-order valence-corrected chi connectivity index (χ2v) is 5.41. The Bertz CT molecular complexity index is 473. The average Bonchev–Trinajstić information content (AvgIpc) is 2.78. The lowest BCUT2D eigenvalue weighted by atomic mass is 10.1. The van der Waals surface area contributed by atoms with Gasteiger partial charge in [0, 0.05) is 10.9 Å². The van der Waals surface area contributed by atoms with Crippen LogP contribution in [0.2, 0.25) is 0 Å². The molecule has 0 aliphatic rings. The molecule has 1 aromatic heterocycles. The van der Waals surface area contributed by atoms with Crippen LogP contribution in [0.25, 0.3) is 10.6 Å². The van der Waals surface area contributed by atoms with Gasteiger partial charge < -0.3 is 5.73 Å². The highest BCUT2D eigenvalue weighted by Gasteiger charge is 2.07. The number of rotatable bonds is 4. The predicted molar refractivity (Wildman–Crippen MR) is 74.2 cm³/mol. The first-order valence-electron chi connectivity index (χ1n) is 5.90. The van der Waals surface area contributed by atoms with Gasteiger partial charge in [0.25, 0.3) is 0 Å². The first-order chi connectivity index (χ1) is 8.19. The third-order valence-corrected chi connectivity index (χ3v) is 3.75. The van der Waals surface area contributed by atoms with Crippen molar-refractivity contribution in [2.75, 3.05) is 6.54 Å². The van der Waals surface area contributed by atoms with Crippen molar-refractivity contribution in [3.05, 3.63) is 40.9 Å². The second-order valence-electron chi connectivity index (χ2n) is 4.56. The zero-order valence-corrected chi connectivity index (χ0v) is 11.1. The van der Waals surface area contributed by atoms with Crippen LogP contribution >= 0.6 is 11.3 Å². The van der Waals surface area contributed by atoms with Crippen LogP contribution in [0.5, 0.6) is 0 Å². The molecule has 0 bridgehead atoms. The summed E-state index contributed by atoms with van der Waals surface area (Å²) < 4.78 is 0. The monoisotopic (exact) mass is 246 g/mol. The van der Waals surface area contributed by atoms with Crippen molar-refractivity contribution in [1.82, 2.24) is 4.98 Å². The third kappa shape index (κ3) is 3.14. The molecule has 17 heavy (non-hydrogen) atoms. The molecule has 0 aliphatic carbocycles. The highest BCUT2D eigenvalue weighted by molar-refractivity contribution is 7.13. The minimum absolute atomic E-state index is 0.503. The molecule has 2 rings (SSSR count). The molecule has 2 N–H and O–H groups in total. The van der Waals surface area contributed by atoms with Crippen LogP contribution < -0.4 is 5.73 Å². The number of hydrogen-bond donors (Lipinski definition) is 1. The van der Waals surface area contributed by atoms with Gasteiger partial charge in [-0.2, -0.15) is 0 Å². The molecule has 0 aliphatic heterocycles. The van der Waals surface area contributed by atoms with E-state index in [-0.39, 0.29) is 0 Å². The quantitative estimate of drug-likeness (QED) is 0.899. The first kappa shape index (κ1) is 12.3. The van der Waals surface area contributed by atoms with Gasteiger partial charge in [0.15, 0.2) is 0 Å². The third-order valence-electron chi connectivity index (χ3n) is 2.81. The number of hydrogen-bond acceptors (Lipinski definition) is 3. The van der Waals surface area contributed by atoms with Crippen LogP contribution in [0.4, 0.5) is 0 Å². The fourth-order valence-electron chi connectivity index (χ4n) is 1.67. The number of aromatic nitrogens is 1. The van der Waals surface area contributed by atoms with Crippen molar-refractivity contribution >= 4 is 11.3 Å². The molecule has 0 fully saturated rings. The van der Waals surface area contributed by atoms with E-state index >= 15 is 0 Å². The Morgan fingerprint density at radius 3 is 2.65 bits per heavy atom. The molecular formula is C14H18N2S. The van der Waals surface area contributed by atoms with Gasteiger partial charge in [0.05, 0.1) is 5.69 Å². The van der Waals surface area contributed by atoms with Crippen molar-refractivity contribution in [3.8, 4) is 10.6 Å². The number of aryl methyl sites for hydroxylation is 1. The normalized spacial score (nSPS) is 12.6. The number of nitrogens with zero attached hydrogens (tertiary/aromatic N) is 1. The second kappa shape index (κ2) is 5.43. The summed E-state index contributed by atoms with van der Waals surface area (Å²) in [5.41, 5.74) is 9.27. The molecule has 90 valence electrons. The Morgan fingerprint density at radius 2 is 2.00 bits per heavy atom. The topological polar surface area (TPSA) is 38.9 Å². The van der Waals surface area contributed by atoms with Gasteiger partial charge in [0.1, 0.15) is 5.01 Å². The summed E-state index contributed by atoms with van der Waals surface area (Å²) in [6.07, 6.45) is 0.971. The predicted octanol–water partition coefficient (Wildman–Crippen LogP) is 3.26. The molecule has 1 atom stereocenters. The minimum atomic E-state index is 0.503. The first-order valence-corrected chi connectivity index (χ1v) is 6.78. The summed E-state index contributed by atoms with van der Waals surface area (Å²) in [5.74, 6) is 0.503. The van der Waals surface area contributed by atoms with E-state index in [1.54, 1.807) is 11.3 Å². The fraction of sp³-hybridized carbons (Fsp3) is 0.357. The maximum Gasteiger partial charge on any atom is 0.123 e. The summed E-state index contributed by atoms with van der Waals surface area (Å²) in [4.78, 5) is 4.66. The zero-order valence-electron chi connectivity index (χ0n) is 10.3. The van der Waals surface area contributed by atoms with E-state index in [1.165, 1.54) is 11.1 Å². The van der Waals surface area contributed by atoms with Crippen LogP contribution in [0, 0.1) is 12.8 Å². The Morgan fingerprint density at radius 1 is 1.29 bits per heavy atom. The molecule has 2 nitrogen and oxygen atoms in total. The summed E-state index contributed by atoms with van der Waals surface area (Å²) in [5, 5.41) is 3.24. The van der Waals surface area contributed by atoms with E-state index in [0.717, 1.165) is 23.7 Å². The van der Waals surface area contributed by atoms with Gasteiger partial charge in [-0.25, -0.2) is 4.98 Å². The van der Waals surface area contributed by atoms with Gasteiger partial charge in [-0.05, 0) is 25.8 Å². The van der Waals surface area contributed by atoms with E-state index in [9.17, 15) is 0 Å². The Hall–Kier alpha value is -1.19. The lowest BCUT2D eigenvalue weighted by Gasteiger charge is -2.04. The molecular weight excluding hydrogens is 228 g/mol. The van der Waals surface area contributed by atoms with E-state index in [1.807, 2.05) is 0 Å². The van der Waals surface area contributed by atoms with Crippen molar-refractivity contribution < 1.29 is 0 Å². The molecule has 3 heteroatoms. The molecule has 0 spiro atoms. The maximum atomic E-state index is 5.63. The highest BCUT2D eigenvalue weighted by Crippen LogP contribution is 2.24. The van der Waals surface area contributed by atoms with Gasteiger partial charge in [0.2, 0.25) is 0 Å². The summed E-state index contributed by atoms with van der Waals surface area (Å²) in [6.45, 7) is 4.97. The number of benzene rings is 1. The average molecular weight is 246 g/mol. The maximum absolute atomic E-state index is 5.63. The van der Waals surface area contributed by atoms with Crippen molar-refractivity contribution in [1.29, 1.82) is 0 Å². The lowest BCUT2D eigenvalue weighted by Crippen LogP contribution is -2.13. The van der Waals surface area contributed by atoms with Gasteiger partial charge >= 0.3 is 0 Å². The van der Waals surface area contributed by atoms with E-state index in [2.05, 4.69) is 48.5 Å². The fourth-order valence-corrected chi connectivity index (χ4v) is 2.51. The van der Waals surface area contributed by atoms with Crippen molar-refractivity contribution in [2.45, 2.75) is 20.3 Å². The molecule has 1 heterocycles. The highest BCUT2D eigenvalue weighted by atomic mass is 32.1. The Labute approximate surface area is 107 Å². The number of thiazole rings is 1. The van der Waals surface area contributed by atoms with Crippen molar-refractivity contribution in [2.24, 2.45) is 11.7 Å². The molecule has 2 aromatic rings. The summed E-state index contributed by atoms with van der Waals surface area (Å²) >= 11 is 1.71. The van der Waals surface area contributed by atoms with E-state index < -0.39 is 0 Å². The van der Waals surface area contributed by atoms with E-state index in [4.69, 9.17) is 5.73 Å². The molecule has 0 saturated carbocycles. The summed E-state index contributed by atoms with van der Waals surface area (Å²) in [6, 6.07) is 8.51. The molecule has 0 radical (unpaired) electrons. The van der Waals surface area contributed by atoms with Crippen molar-refractivity contribution in [3.63, 3.8) is 0 Å². The zero-order chi connectivity index (χ0) is 12.3. The van der Waals surface area contributed by atoms with Crippen LogP contribution in [0.1, 0.15) is 18.2 Å². The standard InChI is InChI=1S/C14H18N2S/c1-10-3-5-12(6-4-10)14-16-13(9-17-14)7-11(2)8-15/h3-6,9,11H,7-8,15H2,1-2H3. The minimum Gasteiger partial charge on any atom is -0.330 e. The van der Waals surface area contributed by atoms with Gasteiger partial charge in [-0.15, -0.1) is 11.3 Å². The summed E-state index contributed by atoms with van der Waals surface area (Å²) in [7, 11) is 0. The van der Waals surface area contributed by atoms with Crippen LogP contribution in [-0.4, -0.2) is 11.5 Å². The Balaban J connectivity index is 2.15. The molecule has 1 unspecified atom stereocenters. The lowest BCUT2D eigenvalue weighted by molar-refractivity contribution is 0.586.